The van der Waals surface area contributed by atoms with E-state index in [2.05, 4.69) is 15.5 Å². The largest absolute Gasteiger partial charge is 0.381 e. The fourth-order valence-electron chi connectivity index (χ4n) is 5.31. The lowest BCUT2D eigenvalue weighted by atomic mass is 10.2. The van der Waals surface area contributed by atoms with Gasteiger partial charge in [0.05, 0.1) is 36.2 Å². The minimum atomic E-state index is -2.98. The highest BCUT2D eigenvalue weighted by atomic mass is 35.5. The molecule has 0 saturated carbocycles. The SMILES string of the molecule is C1CCOCC1.O=C(Nc1ccc(CCl)cc1)N1CCS(=O)(=O)CC1.O=C(Nc1ccc(CN2CCOCC2)cc1)N1CCS(=O)(=O)CC1. The molecule has 6 rings (SSSR count). The first-order valence-corrected chi connectivity index (χ1v) is 20.8. The van der Waals surface area contributed by atoms with E-state index in [1.807, 2.05) is 36.4 Å². The van der Waals surface area contributed by atoms with Crippen LogP contribution >= 0.6 is 11.6 Å². The summed E-state index contributed by atoms with van der Waals surface area (Å²) in [4.78, 5) is 29.5. The summed E-state index contributed by atoms with van der Waals surface area (Å²) in [5, 5.41) is 5.57. The second kappa shape index (κ2) is 19.4. The average Bonchev–Trinajstić information content (AvgIpc) is 3.11. The molecule has 0 unspecified atom stereocenters. The monoisotopic (exact) mass is 741 g/mol. The first-order chi connectivity index (χ1) is 23.5. The van der Waals surface area contributed by atoms with E-state index in [1.54, 1.807) is 17.0 Å². The summed E-state index contributed by atoms with van der Waals surface area (Å²) in [5.41, 5.74) is 3.56. The van der Waals surface area contributed by atoms with Crippen molar-refractivity contribution in [3.63, 3.8) is 0 Å². The molecule has 4 amide bonds. The Morgan fingerprint density at radius 3 is 1.37 bits per heavy atom. The van der Waals surface area contributed by atoms with Crippen molar-refractivity contribution >= 4 is 54.7 Å². The molecule has 4 aliphatic rings. The Hall–Kier alpha value is -2.95. The van der Waals surface area contributed by atoms with Crippen LogP contribution in [0.4, 0.5) is 21.0 Å². The maximum Gasteiger partial charge on any atom is 0.321 e. The van der Waals surface area contributed by atoms with E-state index in [9.17, 15) is 26.4 Å². The summed E-state index contributed by atoms with van der Waals surface area (Å²) in [5.74, 6) is 0.577. The van der Waals surface area contributed by atoms with Crippen LogP contribution in [-0.2, 0) is 41.6 Å². The molecule has 2 N–H and O–H groups in total. The Labute approximate surface area is 295 Å². The van der Waals surface area contributed by atoms with Crippen LogP contribution in [0.15, 0.2) is 48.5 Å². The number of rotatable bonds is 5. The van der Waals surface area contributed by atoms with Gasteiger partial charge in [-0.05, 0) is 54.7 Å². The highest BCUT2D eigenvalue weighted by Crippen LogP contribution is 2.15. The Bertz CT molecular complexity index is 1510. The number of benzene rings is 2. The Morgan fingerprint density at radius 1 is 0.592 bits per heavy atom. The van der Waals surface area contributed by atoms with E-state index in [1.165, 1.54) is 29.7 Å². The highest BCUT2D eigenvalue weighted by Gasteiger charge is 2.26. The summed E-state index contributed by atoms with van der Waals surface area (Å²) in [6.07, 6.45) is 3.93. The number of hydrogen-bond acceptors (Lipinski definition) is 9. The zero-order valence-corrected chi connectivity index (χ0v) is 30.2. The summed E-state index contributed by atoms with van der Waals surface area (Å²) >= 11 is 5.68. The molecule has 49 heavy (non-hydrogen) atoms. The normalized spacial score (nSPS) is 20.4. The van der Waals surface area contributed by atoms with Crippen molar-refractivity contribution in [3.05, 3.63) is 59.7 Å². The topological polar surface area (TPSA) is 155 Å². The van der Waals surface area contributed by atoms with Crippen LogP contribution < -0.4 is 10.6 Å². The Balaban J connectivity index is 0.000000192. The number of amides is 4. The molecule has 0 spiro atoms. The maximum absolute atomic E-state index is 12.2. The van der Waals surface area contributed by atoms with Crippen LogP contribution in [0.2, 0.25) is 0 Å². The van der Waals surface area contributed by atoms with Crippen molar-refractivity contribution in [1.82, 2.24) is 14.7 Å². The molecule has 2 aromatic carbocycles. The molecule has 4 saturated heterocycles. The molecule has 2 aromatic rings. The number of ether oxygens (including phenoxy) is 2. The molecular formula is C33H48ClN5O8S2. The van der Waals surface area contributed by atoms with Crippen LogP contribution in [-0.4, -0.2) is 132 Å². The molecule has 4 heterocycles. The number of anilines is 2. The van der Waals surface area contributed by atoms with E-state index in [4.69, 9.17) is 21.1 Å². The number of carbonyl (C=O) groups is 2. The van der Waals surface area contributed by atoms with Crippen LogP contribution in [0, 0.1) is 0 Å². The fraction of sp³-hybridized carbons (Fsp3) is 0.576. The van der Waals surface area contributed by atoms with Gasteiger partial charge in [-0.25, -0.2) is 26.4 Å². The summed E-state index contributed by atoms with van der Waals surface area (Å²) in [7, 11) is -5.94. The first-order valence-electron chi connectivity index (χ1n) is 16.7. The molecule has 13 nitrogen and oxygen atoms in total. The predicted octanol–water partition coefficient (Wildman–Crippen LogP) is 3.66. The zero-order valence-electron chi connectivity index (χ0n) is 27.9. The molecule has 16 heteroatoms. The molecule has 0 radical (unpaired) electrons. The van der Waals surface area contributed by atoms with Crippen molar-refractivity contribution in [2.75, 3.05) is 99.3 Å². The number of carbonyl (C=O) groups excluding carboxylic acids is 2. The maximum atomic E-state index is 12.2. The second-order valence-electron chi connectivity index (χ2n) is 12.2. The lowest BCUT2D eigenvalue weighted by Gasteiger charge is -2.27. The van der Waals surface area contributed by atoms with Gasteiger partial charge in [0.15, 0.2) is 19.7 Å². The van der Waals surface area contributed by atoms with Crippen molar-refractivity contribution in [3.8, 4) is 0 Å². The number of morpholine rings is 1. The zero-order chi connectivity index (χ0) is 35.1. The second-order valence-corrected chi connectivity index (χ2v) is 17.1. The minimum absolute atomic E-state index is 0.0333. The van der Waals surface area contributed by atoms with E-state index in [0.29, 0.717) is 11.6 Å². The van der Waals surface area contributed by atoms with Crippen molar-refractivity contribution in [2.45, 2.75) is 31.7 Å². The number of nitrogens with zero attached hydrogens (tertiary/aromatic N) is 3. The lowest BCUT2D eigenvalue weighted by molar-refractivity contribution is 0.0342. The molecule has 4 aliphatic heterocycles. The summed E-state index contributed by atoms with van der Waals surface area (Å²) < 4.78 is 55.8. The van der Waals surface area contributed by atoms with Gasteiger partial charge in [-0.15, -0.1) is 11.6 Å². The summed E-state index contributed by atoms with van der Waals surface area (Å²) in [6.45, 7) is 7.31. The molecule has 0 bridgehead atoms. The van der Waals surface area contributed by atoms with Crippen LogP contribution in [0.5, 0.6) is 0 Å². The van der Waals surface area contributed by atoms with Gasteiger partial charge in [0.1, 0.15) is 0 Å². The van der Waals surface area contributed by atoms with Gasteiger partial charge >= 0.3 is 12.1 Å². The van der Waals surface area contributed by atoms with Crippen molar-refractivity contribution < 1.29 is 35.9 Å². The Morgan fingerprint density at radius 2 is 1.00 bits per heavy atom. The molecule has 4 fully saturated rings. The molecule has 0 atom stereocenters. The van der Waals surface area contributed by atoms with E-state index >= 15 is 0 Å². The van der Waals surface area contributed by atoms with Gasteiger partial charge in [0, 0.05) is 76.3 Å². The fourth-order valence-corrected chi connectivity index (χ4v) is 7.89. The minimum Gasteiger partial charge on any atom is -0.381 e. The molecule has 0 aliphatic carbocycles. The molecule has 0 aromatic heterocycles. The molecule has 272 valence electrons. The standard InChI is InChI=1S/C16H23N3O4S.C12H15ClN2O3S.C5H10O/c20-16(19-7-11-24(21,22)12-8-19)17-15-3-1-14(2-4-15)13-18-5-9-23-10-6-18;13-9-10-1-3-11(4-2-10)14-12(16)15-5-7-19(17,18)8-6-15;1-2-4-6-5-3-1/h1-4H,5-13H2,(H,17,20);1-4H,5-9H2,(H,14,16);1-5H2. The summed E-state index contributed by atoms with van der Waals surface area (Å²) in [6, 6.07) is 14.5. The predicted molar refractivity (Wildman–Crippen MR) is 192 cm³/mol. The van der Waals surface area contributed by atoms with Gasteiger partial charge in [-0.2, -0.15) is 0 Å². The van der Waals surface area contributed by atoms with Gasteiger partial charge in [-0.3, -0.25) is 4.90 Å². The highest BCUT2D eigenvalue weighted by molar-refractivity contribution is 7.91. The Kier molecular flexibility index (Phi) is 15.4. The van der Waals surface area contributed by atoms with Gasteiger partial charge in [0.25, 0.3) is 0 Å². The number of nitrogens with one attached hydrogen (secondary N) is 2. The van der Waals surface area contributed by atoms with Gasteiger partial charge in [0.2, 0.25) is 0 Å². The number of hydrogen-bond donors (Lipinski definition) is 2. The third-order valence-electron chi connectivity index (χ3n) is 8.42. The quantitative estimate of drug-likeness (QED) is 0.437. The van der Waals surface area contributed by atoms with Crippen molar-refractivity contribution in [2.24, 2.45) is 0 Å². The van der Waals surface area contributed by atoms with Crippen LogP contribution in [0.25, 0.3) is 0 Å². The van der Waals surface area contributed by atoms with Crippen LogP contribution in [0.3, 0.4) is 0 Å². The van der Waals surface area contributed by atoms with Crippen molar-refractivity contribution in [1.29, 1.82) is 0 Å². The third kappa shape index (κ3) is 14.1. The lowest BCUT2D eigenvalue weighted by Crippen LogP contribution is -2.45. The van der Waals surface area contributed by atoms with Crippen LogP contribution in [0.1, 0.15) is 30.4 Å². The van der Waals surface area contributed by atoms with Gasteiger partial charge < -0.3 is 29.9 Å². The number of halogens is 1. The number of alkyl halides is 1. The molecular weight excluding hydrogens is 694 g/mol. The number of urea groups is 2. The van der Waals surface area contributed by atoms with E-state index in [0.717, 1.165) is 57.3 Å². The third-order valence-corrected chi connectivity index (χ3v) is 11.9. The van der Waals surface area contributed by atoms with Gasteiger partial charge in [-0.1, -0.05) is 24.3 Å². The smallest absolute Gasteiger partial charge is 0.321 e. The van der Waals surface area contributed by atoms with E-state index < -0.39 is 19.7 Å². The first kappa shape index (κ1) is 38.8. The average molecular weight is 742 g/mol. The van der Waals surface area contributed by atoms with E-state index in [-0.39, 0.29) is 61.3 Å². The number of sulfone groups is 2.